The van der Waals surface area contributed by atoms with E-state index in [1.807, 2.05) is 0 Å². The fourth-order valence-electron chi connectivity index (χ4n) is 2.05. The monoisotopic (exact) mass is 292 g/mol. The van der Waals surface area contributed by atoms with Gasteiger partial charge >= 0.3 is 11.9 Å². The molecule has 0 saturated heterocycles. The van der Waals surface area contributed by atoms with Crippen LogP contribution in [0.15, 0.2) is 0 Å². The van der Waals surface area contributed by atoms with Crippen molar-refractivity contribution in [2.75, 3.05) is 27.1 Å². The normalized spacial score (nSPS) is 13.2. The minimum Gasteiger partial charge on any atom is -0.481 e. The van der Waals surface area contributed by atoms with Gasteiger partial charge < -0.3 is 24.4 Å². The molecule has 0 aromatic heterocycles. The van der Waals surface area contributed by atoms with E-state index >= 15 is 0 Å². The Hall–Kier alpha value is -1.18. The van der Waals surface area contributed by atoms with E-state index in [1.165, 1.54) is 7.11 Å². The zero-order valence-electron chi connectivity index (χ0n) is 12.3. The molecule has 0 heterocycles. The van der Waals surface area contributed by atoms with Gasteiger partial charge in [-0.25, -0.2) is 0 Å². The highest BCUT2D eigenvalue weighted by Gasteiger charge is 2.44. The van der Waals surface area contributed by atoms with Crippen LogP contribution in [0, 0.1) is 5.41 Å². The molecule has 0 spiro atoms. The van der Waals surface area contributed by atoms with Crippen LogP contribution < -0.4 is 0 Å². The summed E-state index contributed by atoms with van der Waals surface area (Å²) in [6.45, 7) is 3.95. The van der Waals surface area contributed by atoms with Gasteiger partial charge in [-0.05, 0) is 12.8 Å². The molecule has 0 amide bonds. The van der Waals surface area contributed by atoms with Gasteiger partial charge in [0.15, 0.2) is 0 Å². The van der Waals surface area contributed by atoms with E-state index in [1.54, 1.807) is 13.8 Å². The zero-order valence-corrected chi connectivity index (χ0v) is 12.3. The fraction of sp³-hybridized carbons (Fsp3) is 0.846. The summed E-state index contributed by atoms with van der Waals surface area (Å²) in [7, 11) is 1.53. The first kappa shape index (κ1) is 18.8. The summed E-state index contributed by atoms with van der Waals surface area (Å²) < 4.78 is 15.3. The molecule has 0 aromatic rings. The molecule has 7 heteroatoms. The van der Waals surface area contributed by atoms with Gasteiger partial charge in [0.1, 0.15) is 6.79 Å². The lowest BCUT2D eigenvalue weighted by Crippen LogP contribution is -2.44. The molecule has 0 aliphatic carbocycles. The topological polar surface area (TPSA) is 102 Å². The third-order valence-electron chi connectivity index (χ3n) is 3.45. The van der Waals surface area contributed by atoms with Crippen molar-refractivity contribution in [1.29, 1.82) is 0 Å². The summed E-state index contributed by atoms with van der Waals surface area (Å²) in [5.74, 6) is -2.15. The third kappa shape index (κ3) is 5.44. The fourth-order valence-corrected chi connectivity index (χ4v) is 2.05. The van der Waals surface area contributed by atoms with E-state index in [4.69, 9.17) is 19.3 Å². The lowest BCUT2D eigenvalue weighted by molar-refractivity contribution is -0.178. The molecular weight excluding hydrogens is 268 g/mol. The van der Waals surface area contributed by atoms with Gasteiger partial charge in [0.25, 0.3) is 0 Å². The van der Waals surface area contributed by atoms with Gasteiger partial charge in [-0.1, -0.05) is 13.8 Å². The summed E-state index contributed by atoms with van der Waals surface area (Å²) in [6.07, 6.45) is -0.735. The van der Waals surface area contributed by atoms with Crippen molar-refractivity contribution in [3.8, 4) is 0 Å². The molecule has 0 aliphatic heterocycles. The van der Waals surface area contributed by atoms with Crippen LogP contribution in [-0.4, -0.2) is 55.4 Å². The van der Waals surface area contributed by atoms with Crippen LogP contribution in [0.5, 0.6) is 0 Å². The summed E-state index contributed by atoms with van der Waals surface area (Å²) in [5, 5.41) is 18.3. The molecule has 7 nitrogen and oxygen atoms in total. The van der Waals surface area contributed by atoms with Crippen LogP contribution in [-0.2, 0) is 23.8 Å². The summed E-state index contributed by atoms with van der Waals surface area (Å²) >= 11 is 0. The molecule has 118 valence electrons. The average Bonchev–Trinajstić information content (AvgIpc) is 2.39. The highest BCUT2D eigenvalue weighted by Crippen LogP contribution is 2.35. The smallest absolute Gasteiger partial charge is 0.312 e. The summed E-state index contributed by atoms with van der Waals surface area (Å²) in [5.41, 5.74) is -1.22. The van der Waals surface area contributed by atoms with Crippen molar-refractivity contribution in [2.45, 2.75) is 39.2 Å². The van der Waals surface area contributed by atoms with E-state index in [0.717, 1.165) is 0 Å². The van der Waals surface area contributed by atoms with Crippen molar-refractivity contribution < 1.29 is 34.0 Å². The second kappa shape index (κ2) is 9.68. The van der Waals surface area contributed by atoms with Crippen molar-refractivity contribution in [2.24, 2.45) is 5.41 Å². The number of ether oxygens (including phenoxy) is 3. The Morgan fingerprint density at radius 1 is 1.15 bits per heavy atom. The van der Waals surface area contributed by atoms with E-state index in [0.29, 0.717) is 13.2 Å². The predicted molar refractivity (Wildman–Crippen MR) is 70.5 cm³/mol. The van der Waals surface area contributed by atoms with Gasteiger partial charge in [-0.3, -0.25) is 9.59 Å². The van der Waals surface area contributed by atoms with Crippen LogP contribution in [0.25, 0.3) is 0 Å². The highest BCUT2D eigenvalue weighted by atomic mass is 16.7. The van der Waals surface area contributed by atoms with E-state index in [-0.39, 0.29) is 26.1 Å². The maximum atomic E-state index is 11.5. The average molecular weight is 292 g/mol. The molecule has 1 unspecified atom stereocenters. The van der Waals surface area contributed by atoms with Crippen molar-refractivity contribution in [3.63, 3.8) is 0 Å². The quantitative estimate of drug-likeness (QED) is 0.413. The number of carbonyl (C=O) groups is 2. The zero-order chi connectivity index (χ0) is 15.6. The first-order valence-corrected chi connectivity index (χ1v) is 6.58. The molecule has 0 aromatic carbocycles. The Morgan fingerprint density at radius 2 is 1.75 bits per heavy atom. The minimum absolute atomic E-state index is 0.156. The van der Waals surface area contributed by atoms with E-state index in [9.17, 15) is 14.7 Å². The lowest BCUT2D eigenvalue weighted by Gasteiger charge is -2.34. The van der Waals surface area contributed by atoms with Gasteiger partial charge in [0.2, 0.25) is 0 Å². The predicted octanol–water partition coefficient (Wildman–Crippen LogP) is 1.36. The van der Waals surface area contributed by atoms with Gasteiger partial charge in [-0.2, -0.15) is 0 Å². The number of rotatable bonds is 12. The Morgan fingerprint density at radius 3 is 2.15 bits per heavy atom. The van der Waals surface area contributed by atoms with Crippen LogP contribution in [0.4, 0.5) is 0 Å². The Balaban J connectivity index is 4.75. The second-order valence-corrected chi connectivity index (χ2v) is 4.44. The molecule has 0 bridgehead atoms. The number of methoxy groups -OCH3 is 1. The number of hydrogen-bond acceptors (Lipinski definition) is 5. The lowest BCUT2D eigenvalue weighted by atomic mass is 9.75. The van der Waals surface area contributed by atoms with Crippen LogP contribution in [0.2, 0.25) is 0 Å². The molecule has 0 fully saturated rings. The molecule has 0 saturated carbocycles. The minimum atomic E-state index is -1.22. The van der Waals surface area contributed by atoms with Crippen molar-refractivity contribution >= 4 is 11.9 Å². The molecule has 0 radical (unpaired) electrons. The standard InChI is InChI=1S/C13H24O7/c1-4-13(5-2,12(16)17)10(8-11(14)15)20-9-19-7-6-18-3/h10H,4-9H2,1-3H3,(H,14,15)(H,16,17). The maximum Gasteiger partial charge on any atom is 0.312 e. The molecule has 0 aliphatic rings. The Bertz CT molecular complexity index is 299. The third-order valence-corrected chi connectivity index (χ3v) is 3.45. The van der Waals surface area contributed by atoms with E-state index < -0.39 is 23.5 Å². The highest BCUT2D eigenvalue weighted by molar-refractivity contribution is 5.77. The largest absolute Gasteiger partial charge is 0.481 e. The van der Waals surface area contributed by atoms with Crippen molar-refractivity contribution in [3.05, 3.63) is 0 Å². The SMILES string of the molecule is CCC(CC)(C(=O)O)C(CC(=O)O)OCOCCOC. The van der Waals surface area contributed by atoms with Crippen molar-refractivity contribution in [1.82, 2.24) is 0 Å². The number of aliphatic carboxylic acids is 2. The first-order chi connectivity index (χ1) is 9.44. The molecule has 0 rings (SSSR count). The van der Waals surface area contributed by atoms with Gasteiger partial charge in [0.05, 0.1) is 31.2 Å². The number of carboxylic acids is 2. The van der Waals surface area contributed by atoms with Crippen LogP contribution in [0.1, 0.15) is 33.1 Å². The maximum absolute atomic E-state index is 11.5. The van der Waals surface area contributed by atoms with Gasteiger partial charge in [0, 0.05) is 7.11 Å². The molecule has 2 N–H and O–H groups in total. The van der Waals surface area contributed by atoms with E-state index in [2.05, 4.69) is 0 Å². The number of carboxylic acid groups (broad SMARTS) is 2. The summed E-state index contributed by atoms with van der Waals surface area (Å²) in [6, 6.07) is 0. The van der Waals surface area contributed by atoms with Crippen LogP contribution in [0.3, 0.4) is 0 Å². The molecular formula is C13H24O7. The second-order valence-electron chi connectivity index (χ2n) is 4.44. The van der Waals surface area contributed by atoms with Crippen LogP contribution >= 0.6 is 0 Å². The van der Waals surface area contributed by atoms with Gasteiger partial charge in [-0.15, -0.1) is 0 Å². The first-order valence-electron chi connectivity index (χ1n) is 6.58. The number of hydrogen-bond donors (Lipinski definition) is 2. The Kier molecular flexibility index (Phi) is 9.11. The Labute approximate surface area is 118 Å². The molecule has 20 heavy (non-hydrogen) atoms. The summed E-state index contributed by atoms with van der Waals surface area (Å²) in [4.78, 5) is 22.4. The molecule has 1 atom stereocenters.